The van der Waals surface area contributed by atoms with Crippen LogP contribution >= 0.6 is 35.3 Å². The standard InChI is InChI=1S/C20H36N6OS.HI/c1-3-21-20(22-6-9-25-10-12-27-13-11-25)23-14-18-4-7-26(8-5-18)15-19-16-28-17(2)24-19;/h16,18H,3-15H2,1-2H3,(H2,21,22,23);1H. The van der Waals surface area contributed by atoms with E-state index in [1.807, 2.05) is 0 Å². The molecule has 166 valence electrons. The van der Waals surface area contributed by atoms with E-state index in [0.717, 1.165) is 83.1 Å². The number of hydrogen-bond donors (Lipinski definition) is 2. The molecule has 0 radical (unpaired) electrons. The third kappa shape index (κ3) is 9.04. The Morgan fingerprint density at radius 2 is 1.97 bits per heavy atom. The first kappa shape index (κ1) is 24.8. The number of thiazole rings is 1. The Morgan fingerprint density at radius 1 is 1.21 bits per heavy atom. The van der Waals surface area contributed by atoms with E-state index < -0.39 is 0 Å². The lowest BCUT2D eigenvalue weighted by Gasteiger charge is -2.31. The van der Waals surface area contributed by atoms with Crippen molar-refractivity contribution in [3.05, 3.63) is 16.1 Å². The van der Waals surface area contributed by atoms with Crippen LogP contribution in [0, 0.1) is 12.8 Å². The number of likely N-dealkylation sites (tertiary alicyclic amines) is 1. The Bertz CT molecular complexity index is 600. The Balaban J connectivity index is 0.00000300. The zero-order chi connectivity index (χ0) is 19.6. The first-order valence-corrected chi connectivity index (χ1v) is 11.6. The van der Waals surface area contributed by atoms with Crippen molar-refractivity contribution >= 4 is 41.3 Å². The average Bonchev–Trinajstić information content (AvgIpc) is 3.12. The summed E-state index contributed by atoms with van der Waals surface area (Å²) >= 11 is 1.75. The highest BCUT2D eigenvalue weighted by molar-refractivity contribution is 14.0. The molecular formula is C20H37IN6OS. The van der Waals surface area contributed by atoms with Gasteiger partial charge in [0, 0.05) is 51.2 Å². The van der Waals surface area contributed by atoms with Crippen LogP contribution in [0.4, 0.5) is 0 Å². The number of aryl methyl sites for hydroxylation is 1. The van der Waals surface area contributed by atoms with Gasteiger partial charge in [0.2, 0.25) is 0 Å². The van der Waals surface area contributed by atoms with Gasteiger partial charge in [0.25, 0.3) is 0 Å². The van der Waals surface area contributed by atoms with Gasteiger partial charge in [-0.2, -0.15) is 0 Å². The summed E-state index contributed by atoms with van der Waals surface area (Å²) < 4.78 is 5.41. The zero-order valence-electron chi connectivity index (χ0n) is 17.9. The maximum Gasteiger partial charge on any atom is 0.191 e. The van der Waals surface area contributed by atoms with Gasteiger partial charge in [-0.3, -0.25) is 14.8 Å². The van der Waals surface area contributed by atoms with Crippen LogP contribution in [-0.2, 0) is 11.3 Å². The van der Waals surface area contributed by atoms with Crippen LogP contribution in [0.25, 0.3) is 0 Å². The number of aliphatic imine (C=N–C) groups is 1. The summed E-state index contributed by atoms with van der Waals surface area (Å²) in [6.45, 7) is 15.1. The molecule has 2 fully saturated rings. The number of guanidine groups is 1. The summed E-state index contributed by atoms with van der Waals surface area (Å²) in [5, 5.41) is 10.2. The molecule has 9 heteroatoms. The number of ether oxygens (including phenoxy) is 1. The minimum atomic E-state index is 0. The van der Waals surface area contributed by atoms with E-state index in [2.05, 4.69) is 44.6 Å². The zero-order valence-corrected chi connectivity index (χ0v) is 21.0. The van der Waals surface area contributed by atoms with Gasteiger partial charge in [-0.25, -0.2) is 4.98 Å². The highest BCUT2D eigenvalue weighted by atomic mass is 127. The summed E-state index contributed by atoms with van der Waals surface area (Å²) in [7, 11) is 0. The molecule has 7 nitrogen and oxygen atoms in total. The maximum atomic E-state index is 5.41. The molecule has 2 N–H and O–H groups in total. The summed E-state index contributed by atoms with van der Waals surface area (Å²) in [5.41, 5.74) is 1.22. The second kappa shape index (κ2) is 13.7. The predicted molar refractivity (Wildman–Crippen MR) is 132 cm³/mol. The van der Waals surface area contributed by atoms with Gasteiger partial charge in [-0.15, -0.1) is 35.3 Å². The van der Waals surface area contributed by atoms with Gasteiger partial charge >= 0.3 is 0 Å². The fourth-order valence-electron chi connectivity index (χ4n) is 3.76. The normalized spacial score (nSPS) is 19.7. The Kier molecular flexibility index (Phi) is 11.7. The SMILES string of the molecule is CCNC(=NCC1CCN(Cc2csc(C)n2)CC1)NCCN1CCOCC1.I. The predicted octanol–water partition coefficient (Wildman–Crippen LogP) is 2.17. The van der Waals surface area contributed by atoms with Crippen molar-refractivity contribution < 1.29 is 4.74 Å². The van der Waals surface area contributed by atoms with Crippen molar-refractivity contribution in [3.63, 3.8) is 0 Å². The first-order chi connectivity index (χ1) is 13.7. The number of nitrogens with zero attached hydrogens (tertiary/aromatic N) is 4. The quantitative estimate of drug-likeness (QED) is 0.302. The third-order valence-corrected chi connectivity index (χ3v) is 6.26. The molecule has 0 aliphatic carbocycles. The maximum absolute atomic E-state index is 5.41. The van der Waals surface area contributed by atoms with E-state index in [-0.39, 0.29) is 24.0 Å². The van der Waals surface area contributed by atoms with Crippen molar-refractivity contribution in [2.75, 3.05) is 65.6 Å². The van der Waals surface area contributed by atoms with Gasteiger partial charge in [0.05, 0.1) is 23.9 Å². The van der Waals surface area contributed by atoms with Gasteiger partial charge in [0.1, 0.15) is 0 Å². The van der Waals surface area contributed by atoms with E-state index in [1.165, 1.54) is 18.5 Å². The molecule has 2 aliphatic rings. The van der Waals surface area contributed by atoms with Crippen molar-refractivity contribution in [2.45, 2.75) is 33.2 Å². The molecule has 0 saturated carbocycles. The smallest absolute Gasteiger partial charge is 0.191 e. The largest absolute Gasteiger partial charge is 0.379 e. The molecule has 3 rings (SSSR count). The van der Waals surface area contributed by atoms with E-state index in [1.54, 1.807) is 11.3 Å². The molecule has 2 saturated heterocycles. The van der Waals surface area contributed by atoms with E-state index in [4.69, 9.17) is 9.73 Å². The molecule has 0 bridgehead atoms. The Morgan fingerprint density at radius 3 is 2.62 bits per heavy atom. The lowest BCUT2D eigenvalue weighted by molar-refractivity contribution is 0.0389. The highest BCUT2D eigenvalue weighted by Gasteiger charge is 2.20. The monoisotopic (exact) mass is 536 g/mol. The van der Waals surface area contributed by atoms with Crippen LogP contribution in [0.3, 0.4) is 0 Å². The third-order valence-electron chi connectivity index (χ3n) is 5.44. The van der Waals surface area contributed by atoms with Crippen LogP contribution in [0.2, 0.25) is 0 Å². The molecule has 0 unspecified atom stereocenters. The fourth-order valence-corrected chi connectivity index (χ4v) is 4.36. The minimum absolute atomic E-state index is 0. The molecule has 0 spiro atoms. The van der Waals surface area contributed by atoms with Crippen molar-refractivity contribution in [1.82, 2.24) is 25.4 Å². The molecule has 0 atom stereocenters. The van der Waals surface area contributed by atoms with E-state index in [9.17, 15) is 0 Å². The first-order valence-electron chi connectivity index (χ1n) is 10.7. The van der Waals surface area contributed by atoms with Crippen LogP contribution in [0.5, 0.6) is 0 Å². The molecular weight excluding hydrogens is 499 g/mol. The minimum Gasteiger partial charge on any atom is -0.379 e. The number of morpholine rings is 1. The number of halogens is 1. The lowest BCUT2D eigenvalue weighted by atomic mass is 9.97. The number of aromatic nitrogens is 1. The Labute approximate surface area is 196 Å². The topological polar surface area (TPSA) is 65.0 Å². The van der Waals surface area contributed by atoms with Crippen LogP contribution in [0.15, 0.2) is 10.4 Å². The van der Waals surface area contributed by atoms with E-state index in [0.29, 0.717) is 5.92 Å². The second-order valence-electron chi connectivity index (χ2n) is 7.68. The molecule has 0 amide bonds. The van der Waals surface area contributed by atoms with Gasteiger partial charge in [-0.1, -0.05) is 0 Å². The number of nitrogens with one attached hydrogen (secondary N) is 2. The summed E-state index contributed by atoms with van der Waals surface area (Å²) in [6.07, 6.45) is 2.44. The number of hydrogen-bond acceptors (Lipinski definition) is 6. The van der Waals surface area contributed by atoms with Crippen molar-refractivity contribution in [2.24, 2.45) is 10.9 Å². The molecule has 29 heavy (non-hydrogen) atoms. The highest BCUT2D eigenvalue weighted by Crippen LogP contribution is 2.20. The van der Waals surface area contributed by atoms with Crippen LogP contribution < -0.4 is 10.6 Å². The van der Waals surface area contributed by atoms with E-state index >= 15 is 0 Å². The van der Waals surface area contributed by atoms with Crippen LogP contribution in [0.1, 0.15) is 30.5 Å². The van der Waals surface area contributed by atoms with Gasteiger partial charge in [0.15, 0.2) is 5.96 Å². The molecule has 3 heterocycles. The van der Waals surface area contributed by atoms with Crippen molar-refractivity contribution in [1.29, 1.82) is 0 Å². The second-order valence-corrected chi connectivity index (χ2v) is 8.74. The Hall–Kier alpha value is -0.490. The van der Waals surface area contributed by atoms with Gasteiger partial charge in [-0.05, 0) is 45.7 Å². The summed E-state index contributed by atoms with van der Waals surface area (Å²) in [5.74, 6) is 1.64. The van der Waals surface area contributed by atoms with Gasteiger partial charge < -0.3 is 15.4 Å². The molecule has 2 aliphatic heterocycles. The average molecular weight is 537 g/mol. The molecule has 0 aromatic carbocycles. The lowest BCUT2D eigenvalue weighted by Crippen LogP contribution is -2.44. The molecule has 1 aromatic rings. The summed E-state index contributed by atoms with van der Waals surface area (Å²) in [4.78, 5) is 14.4. The number of rotatable bonds is 8. The fraction of sp³-hybridized carbons (Fsp3) is 0.800. The molecule has 1 aromatic heterocycles. The van der Waals surface area contributed by atoms with Crippen LogP contribution in [-0.4, -0.2) is 86.3 Å². The number of piperidine rings is 1. The van der Waals surface area contributed by atoms with Crippen molar-refractivity contribution in [3.8, 4) is 0 Å². The summed E-state index contributed by atoms with van der Waals surface area (Å²) in [6, 6.07) is 0.